The molecule has 1 fully saturated rings. The Morgan fingerprint density at radius 3 is 2.44 bits per heavy atom. The van der Waals surface area contributed by atoms with Crippen LogP contribution in [0.2, 0.25) is 0 Å². The summed E-state index contributed by atoms with van der Waals surface area (Å²) in [5.74, 6) is -0.112. The predicted molar refractivity (Wildman–Crippen MR) is 92.0 cm³/mol. The molecule has 0 N–H and O–H groups in total. The fourth-order valence-electron chi connectivity index (χ4n) is 2.44. The molecule has 136 valence electrons. The van der Waals surface area contributed by atoms with Gasteiger partial charge in [0.25, 0.3) is 5.91 Å². The maximum atomic E-state index is 12.5. The highest BCUT2D eigenvalue weighted by atomic mass is 16.6. The minimum Gasteiger partial charge on any atom is -0.451 e. The Labute approximate surface area is 147 Å². The zero-order valence-electron chi connectivity index (χ0n) is 14.6. The molecule has 8 heteroatoms. The van der Waals surface area contributed by atoms with Crippen LogP contribution in [0, 0.1) is 0 Å². The first-order chi connectivity index (χ1) is 12.0. The first kappa shape index (κ1) is 18.9. The zero-order chi connectivity index (χ0) is 18.2. The summed E-state index contributed by atoms with van der Waals surface area (Å²) >= 11 is 0. The van der Waals surface area contributed by atoms with Gasteiger partial charge in [0.2, 0.25) is 5.95 Å². The SMILES string of the molecule is C=CCOC(C)C(=O)OC(C)C(=O)N1CCN(c2ncccn2)CC1. The van der Waals surface area contributed by atoms with E-state index in [4.69, 9.17) is 9.47 Å². The number of anilines is 1. The van der Waals surface area contributed by atoms with E-state index in [0.29, 0.717) is 32.1 Å². The number of hydrogen-bond acceptors (Lipinski definition) is 7. The maximum Gasteiger partial charge on any atom is 0.335 e. The lowest BCUT2D eigenvalue weighted by Crippen LogP contribution is -2.52. The van der Waals surface area contributed by atoms with Crippen molar-refractivity contribution < 1.29 is 19.1 Å². The van der Waals surface area contributed by atoms with Crippen LogP contribution in [-0.4, -0.2) is 71.7 Å². The predicted octanol–water partition coefficient (Wildman–Crippen LogP) is 0.648. The first-order valence-corrected chi connectivity index (χ1v) is 8.26. The van der Waals surface area contributed by atoms with E-state index in [9.17, 15) is 9.59 Å². The molecule has 1 amide bonds. The largest absolute Gasteiger partial charge is 0.451 e. The van der Waals surface area contributed by atoms with E-state index in [1.54, 1.807) is 43.3 Å². The molecule has 1 aliphatic heterocycles. The zero-order valence-corrected chi connectivity index (χ0v) is 14.6. The third-order valence-electron chi connectivity index (χ3n) is 3.86. The van der Waals surface area contributed by atoms with Gasteiger partial charge in [-0.05, 0) is 19.9 Å². The van der Waals surface area contributed by atoms with Crippen LogP contribution < -0.4 is 4.90 Å². The highest BCUT2D eigenvalue weighted by Gasteiger charge is 2.29. The number of amides is 1. The summed E-state index contributed by atoms with van der Waals surface area (Å²) in [4.78, 5) is 36.5. The number of esters is 1. The fourth-order valence-corrected chi connectivity index (χ4v) is 2.44. The number of nitrogens with zero attached hydrogens (tertiary/aromatic N) is 4. The van der Waals surface area contributed by atoms with Crippen LogP contribution in [0.5, 0.6) is 0 Å². The molecule has 0 bridgehead atoms. The second-order valence-corrected chi connectivity index (χ2v) is 5.70. The van der Waals surface area contributed by atoms with E-state index in [2.05, 4.69) is 16.5 Å². The molecule has 0 aliphatic carbocycles. The van der Waals surface area contributed by atoms with Crippen molar-refractivity contribution >= 4 is 17.8 Å². The molecule has 0 spiro atoms. The van der Waals surface area contributed by atoms with Gasteiger partial charge in [0.15, 0.2) is 12.2 Å². The molecular formula is C17H24N4O4. The Morgan fingerprint density at radius 1 is 1.20 bits per heavy atom. The Hall–Kier alpha value is -2.48. The summed E-state index contributed by atoms with van der Waals surface area (Å²) in [6.45, 7) is 9.26. The number of ether oxygens (including phenoxy) is 2. The number of hydrogen-bond donors (Lipinski definition) is 0. The second-order valence-electron chi connectivity index (χ2n) is 5.70. The molecule has 2 atom stereocenters. The van der Waals surface area contributed by atoms with E-state index in [-0.39, 0.29) is 12.5 Å². The quantitative estimate of drug-likeness (QED) is 0.528. The Kier molecular flexibility index (Phi) is 6.88. The van der Waals surface area contributed by atoms with Crippen LogP contribution in [-0.2, 0) is 19.1 Å². The fraction of sp³-hybridized carbons (Fsp3) is 0.529. The van der Waals surface area contributed by atoms with Crippen LogP contribution in [0.1, 0.15) is 13.8 Å². The molecule has 1 saturated heterocycles. The van der Waals surface area contributed by atoms with Crippen molar-refractivity contribution in [3.8, 4) is 0 Å². The molecule has 25 heavy (non-hydrogen) atoms. The number of carbonyl (C=O) groups is 2. The van der Waals surface area contributed by atoms with Crippen molar-refractivity contribution in [1.29, 1.82) is 0 Å². The van der Waals surface area contributed by atoms with Crippen molar-refractivity contribution in [2.45, 2.75) is 26.1 Å². The summed E-state index contributed by atoms with van der Waals surface area (Å²) < 4.78 is 10.4. The van der Waals surface area contributed by atoms with Gasteiger partial charge in [0, 0.05) is 38.6 Å². The van der Waals surface area contributed by atoms with Gasteiger partial charge >= 0.3 is 5.97 Å². The number of piperazine rings is 1. The molecule has 0 radical (unpaired) electrons. The topological polar surface area (TPSA) is 84.9 Å². The van der Waals surface area contributed by atoms with Gasteiger partial charge in [0.1, 0.15) is 0 Å². The van der Waals surface area contributed by atoms with Crippen molar-refractivity contribution in [3.05, 3.63) is 31.1 Å². The van der Waals surface area contributed by atoms with Crippen LogP contribution in [0.25, 0.3) is 0 Å². The van der Waals surface area contributed by atoms with E-state index >= 15 is 0 Å². The van der Waals surface area contributed by atoms with Gasteiger partial charge in [0.05, 0.1) is 6.61 Å². The number of aromatic nitrogens is 2. The van der Waals surface area contributed by atoms with Gasteiger partial charge in [-0.1, -0.05) is 6.08 Å². The molecule has 0 saturated carbocycles. The lowest BCUT2D eigenvalue weighted by molar-refractivity contribution is -0.167. The summed E-state index contributed by atoms with van der Waals surface area (Å²) in [7, 11) is 0. The molecule has 0 aromatic carbocycles. The van der Waals surface area contributed by atoms with E-state index in [1.807, 2.05) is 4.90 Å². The first-order valence-electron chi connectivity index (χ1n) is 8.26. The third kappa shape index (κ3) is 5.25. The smallest absolute Gasteiger partial charge is 0.335 e. The Bertz CT molecular complexity index is 588. The molecule has 1 aromatic rings. The Balaban J connectivity index is 1.81. The summed E-state index contributed by atoms with van der Waals surface area (Å²) in [5, 5.41) is 0. The van der Waals surface area contributed by atoms with E-state index in [0.717, 1.165) is 0 Å². The molecule has 2 heterocycles. The molecule has 2 unspecified atom stereocenters. The average molecular weight is 348 g/mol. The van der Waals surface area contributed by atoms with Crippen LogP contribution in [0.15, 0.2) is 31.1 Å². The van der Waals surface area contributed by atoms with Crippen LogP contribution in [0.4, 0.5) is 5.95 Å². The molecule has 2 rings (SSSR count). The second kappa shape index (κ2) is 9.12. The van der Waals surface area contributed by atoms with Gasteiger partial charge in [-0.2, -0.15) is 0 Å². The summed E-state index contributed by atoms with van der Waals surface area (Å²) in [5.41, 5.74) is 0. The van der Waals surface area contributed by atoms with Gasteiger partial charge in [-0.15, -0.1) is 6.58 Å². The lowest BCUT2D eigenvalue weighted by Gasteiger charge is -2.35. The highest BCUT2D eigenvalue weighted by Crippen LogP contribution is 2.11. The average Bonchev–Trinajstić information content (AvgIpc) is 2.66. The summed E-state index contributed by atoms with van der Waals surface area (Å²) in [6.07, 6.45) is 3.35. The molecule has 1 aliphatic rings. The minimum absolute atomic E-state index is 0.210. The van der Waals surface area contributed by atoms with Crippen LogP contribution in [0.3, 0.4) is 0 Å². The van der Waals surface area contributed by atoms with Crippen molar-refractivity contribution in [2.75, 3.05) is 37.7 Å². The van der Waals surface area contributed by atoms with Crippen molar-refractivity contribution in [3.63, 3.8) is 0 Å². The molecule has 1 aromatic heterocycles. The Morgan fingerprint density at radius 2 is 1.84 bits per heavy atom. The summed E-state index contributed by atoms with van der Waals surface area (Å²) in [6, 6.07) is 1.76. The number of rotatable bonds is 7. The van der Waals surface area contributed by atoms with Crippen molar-refractivity contribution in [1.82, 2.24) is 14.9 Å². The third-order valence-corrected chi connectivity index (χ3v) is 3.86. The van der Waals surface area contributed by atoms with Gasteiger partial charge in [-0.25, -0.2) is 14.8 Å². The normalized spacial score (nSPS) is 16.9. The van der Waals surface area contributed by atoms with Crippen LogP contribution >= 0.6 is 0 Å². The maximum absolute atomic E-state index is 12.5. The number of carbonyl (C=O) groups excluding carboxylic acids is 2. The molecular weight excluding hydrogens is 324 g/mol. The standard InChI is InChI=1S/C17H24N4O4/c1-4-12-24-14(3)16(23)25-13(2)15(22)20-8-10-21(11-9-20)17-18-6-5-7-19-17/h4-7,13-14H,1,8-12H2,2-3H3. The molecule has 8 nitrogen and oxygen atoms in total. The minimum atomic E-state index is -0.846. The monoisotopic (exact) mass is 348 g/mol. The van der Waals surface area contributed by atoms with E-state index < -0.39 is 18.2 Å². The van der Waals surface area contributed by atoms with Gasteiger partial charge < -0.3 is 19.3 Å². The van der Waals surface area contributed by atoms with E-state index in [1.165, 1.54) is 0 Å². The highest BCUT2D eigenvalue weighted by molar-refractivity contribution is 5.84. The lowest BCUT2D eigenvalue weighted by atomic mass is 10.2. The van der Waals surface area contributed by atoms with Crippen molar-refractivity contribution in [2.24, 2.45) is 0 Å². The van der Waals surface area contributed by atoms with Gasteiger partial charge in [-0.3, -0.25) is 4.79 Å².